The summed E-state index contributed by atoms with van der Waals surface area (Å²) in [6, 6.07) is 0. The molecule has 20 heavy (non-hydrogen) atoms. The highest BCUT2D eigenvalue weighted by Gasteiger charge is 2.66. The molecule has 1 heterocycles. The van der Waals surface area contributed by atoms with Crippen molar-refractivity contribution in [3.05, 3.63) is 0 Å². The molecular formula is C14H22N2O4. The number of nitrogens with zero attached hydrogens (tertiary/aromatic N) is 2. The second-order valence-electron chi connectivity index (χ2n) is 6.40. The van der Waals surface area contributed by atoms with E-state index in [1.54, 1.807) is 25.8 Å². The number of carboxylic acids is 1. The normalized spacial score (nSPS) is 27.2. The van der Waals surface area contributed by atoms with E-state index in [1.807, 2.05) is 0 Å². The highest BCUT2D eigenvalue weighted by atomic mass is 16.4. The molecule has 6 nitrogen and oxygen atoms in total. The zero-order valence-corrected chi connectivity index (χ0v) is 12.3. The van der Waals surface area contributed by atoms with Gasteiger partial charge in [-0.25, -0.2) is 0 Å². The van der Waals surface area contributed by atoms with Crippen LogP contribution in [0.2, 0.25) is 0 Å². The third-order valence-electron chi connectivity index (χ3n) is 4.57. The number of carbonyl (C=O) groups is 3. The standard InChI is InChI=1S/C14H22N2O4/c1-14(2)10(11(14)13(19)20)12(18)15(3)8-9(17)16-6-4-5-7-16/h10-11H,4-8H2,1-3H3,(H,19,20)/t10-,11+/m1/s1. The minimum atomic E-state index is -0.937. The van der Waals surface area contributed by atoms with Crippen LogP contribution in [0, 0.1) is 17.3 Å². The maximum absolute atomic E-state index is 12.3. The van der Waals surface area contributed by atoms with Crippen molar-refractivity contribution < 1.29 is 19.5 Å². The Kier molecular flexibility index (Phi) is 3.75. The molecule has 1 saturated carbocycles. The number of likely N-dealkylation sites (N-methyl/N-ethyl adjacent to an activating group) is 1. The predicted molar refractivity (Wildman–Crippen MR) is 71.8 cm³/mol. The molecule has 2 amide bonds. The van der Waals surface area contributed by atoms with Gasteiger partial charge in [-0.2, -0.15) is 0 Å². The van der Waals surface area contributed by atoms with Crippen LogP contribution in [0.15, 0.2) is 0 Å². The Balaban J connectivity index is 1.93. The zero-order valence-electron chi connectivity index (χ0n) is 12.3. The molecule has 0 aromatic heterocycles. The smallest absolute Gasteiger partial charge is 0.307 e. The fraction of sp³-hybridized carbons (Fsp3) is 0.786. The lowest BCUT2D eigenvalue weighted by molar-refractivity contribution is -0.143. The molecule has 2 rings (SSSR count). The molecule has 1 saturated heterocycles. The lowest BCUT2D eigenvalue weighted by Crippen LogP contribution is -2.41. The first-order chi connectivity index (χ1) is 9.26. The summed E-state index contributed by atoms with van der Waals surface area (Å²) in [5.74, 6) is -2.39. The van der Waals surface area contributed by atoms with Crippen LogP contribution in [0.1, 0.15) is 26.7 Å². The molecule has 1 N–H and O–H groups in total. The first kappa shape index (κ1) is 14.8. The number of carboxylic acid groups (broad SMARTS) is 1. The first-order valence-electron chi connectivity index (χ1n) is 7.02. The number of amides is 2. The maximum Gasteiger partial charge on any atom is 0.307 e. The van der Waals surface area contributed by atoms with Gasteiger partial charge in [0.25, 0.3) is 0 Å². The number of hydrogen-bond donors (Lipinski definition) is 1. The molecular weight excluding hydrogens is 260 g/mol. The Hall–Kier alpha value is -1.59. The van der Waals surface area contributed by atoms with Gasteiger partial charge >= 0.3 is 5.97 Å². The van der Waals surface area contributed by atoms with E-state index in [2.05, 4.69) is 0 Å². The van der Waals surface area contributed by atoms with E-state index in [4.69, 9.17) is 5.11 Å². The largest absolute Gasteiger partial charge is 0.481 e. The van der Waals surface area contributed by atoms with Crippen LogP contribution in [-0.4, -0.2) is 59.4 Å². The first-order valence-corrected chi connectivity index (χ1v) is 7.02. The predicted octanol–water partition coefficient (Wildman–Crippen LogP) is 0.424. The SMILES string of the molecule is CN(CC(=O)N1CCCC1)C(=O)[C@H]1[C@@H](C(=O)O)C1(C)C. The van der Waals surface area contributed by atoms with Gasteiger partial charge in [-0.05, 0) is 18.3 Å². The summed E-state index contributed by atoms with van der Waals surface area (Å²) in [7, 11) is 1.57. The number of aliphatic carboxylic acids is 1. The monoisotopic (exact) mass is 282 g/mol. The second kappa shape index (κ2) is 5.07. The van der Waals surface area contributed by atoms with Gasteiger partial charge in [-0.1, -0.05) is 13.8 Å². The fourth-order valence-electron chi connectivity index (χ4n) is 3.14. The van der Waals surface area contributed by atoms with Gasteiger partial charge in [-0.3, -0.25) is 14.4 Å². The quantitative estimate of drug-likeness (QED) is 0.811. The van der Waals surface area contributed by atoms with E-state index >= 15 is 0 Å². The Morgan fingerprint density at radius 3 is 2.20 bits per heavy atom. The summed E-state index contributed by atoms with van der Waals surface area (Å²) < 4.78 is 0. The van der Waals surface area contributed by atoms with E-state index in [-0.39, 0.29) is 18.4 Å². The molecule has 0 aromatic carbocycles. The lowest BCUT2D eigenvalue weighted by atomic mass is 10.1. The number of carbonyl (C=O) groups excluding carboxylic acids is 2. The molecule has 0 spiro atoms. The Labute approximate surface area is 118 Å². The van der Waals surface area contributed by atoms with Gasteiger partial charge in [0.1, 0.15) is 0 Å². The molecule has 0 radical (unpaired) electrons. The Morgan fingerprint density at radius 2 is 1.75 bits per heavy atom. The van der Waals surface area contributed by atoms with E-state index < -0.39 is 23.2 Å². The lowest BCUT2D eigenvalue weighted by Gasteiger charge is -2.21. The van der Waals surface area contributed by atoms with Crippen molar-refractivity contribution in [2.75, 3.05) is 26.7 Å². The van der Waals surface area contributed by atoms with Crippen molar-refractivity contribution in [1.82, 2.24) is 9.80 Å². The molecule has 1 aliphatic heterocycles. The molecule has 0 bridgehead atoms. The molecule has 112 valence electrons. The summed E-state index contributed by atoms with van der Waals surface area (Å²) in [5, 5.41) is 9.10. The van der Waals surface area contributed by atoms with E-state index in [0.29, 0.717) is 0 Å². The summed E-state index contributed by atoms with van der Waals surface area (Å²) in [4.78, 5) is 38.5. The molecule has 2 atom stereocenters. The second-order valence-corrected chi connectivity index (χ2v) is 6.40. The van der Waals surface area contributed by atoms with Crippen LogP contribution in [0.3, 0.4) is 0 Å². The van der Waals surface area contributed by atoms with Crippen molar-refractivity contribution in [2.24, 2.45) is 17.3 Å². The Morgan fingerprint density at radius 1 is 1.20 bits per heavy atom. The van der Waals surface area contributed by atoms with Crippen LogP contribution in [0.25, 0.3) is 0 Å². The third-order valence-corrected chi connectivity index (χ3v) is 4.57. The van der Waals surface area contributed by atoms with Gasteiger partial charge in [-0.15, -0.1) is 0 Å². The van der Waals surface area contributed by atoms with Gasteiger partial charge in [0.15, 0.2) is 0 Å². The zero-order chi connectivity index (χ0) is 15.1. The van der Waals surface area contributed by atoms with E-state index in [1.165, 1.54) is 4.90 Å². The molecule has 0 unspecified atom stereocenters. The minimum Gasteiger partial charge on any atom is -0.481 e. The van der Waals surface area contributed by atoms with Gasteiger partial charge in [0.2, 0.25) is 11.8 Å². The molecule has 0 aromatic rings. The van der Waals surface area contributed by atoms with Crippen LogP contribution in [-0.2, 0) is 14.4 Å². The van der Waals surface area contributed by atoms with Crippen LogP contribution < -0.4 is 0 Å². The summed E-state index contributed by atoms with van der Waals surface area (Å²) in [5.41, 5.74) is -0.520. The average molecular weight is 282 g/mol. The number of rotatable bonds is 4. The summed E-state index contributed by atoms with van der Waals surface area (Å²) in [6.45, 7) is 5.12. The summed E-state index contributed by atoms with van der Waals surface area (Å²) in [6.07, 6.45) is 2.03. The molecule has 2 fully saturated rings. The van der Waals surface area contributed by atoms with Gasteiger partial charge in [0.05, 0.1) is 18.4 Å². The fourth-order valence-corrected chi connectivity index (χ4v) is 3.14. The van der Waals surface area contributed by atoms with Crippen molar-refractivity contribution in [1.29, 1.82) is 0 Å². The summed E-state index contributed by atoms with van der Waals surface area (Å²) >= 11 is 0. The molecule has 1 aliphatic carbocycles. The van der Waals surface area contributed by atoms with Crippen LogP contribution >= 0.6 is 0 Å². The van der Waals surface area contributed by atoms with E-state index in [9.17, 15) is 14.4 Å². The van der Waals surface area contributed by atoms with Crippen LogP contribution in [0.4, 0.5) is 0 Å². The molecule has 2 aliphatic rings. The van der Waals surface area contributed by atoms with Gasteiger partial charge < -0.3 is 14.9 Å². The third kappa shape index (κ3) is 2.51. The van der Waals surface area contributed by atoms with Crippen molar-refractivity contribution >= 4 is 17.8 Å². The van der Waals surface area contributed by atoms with Crippen molar-refractivity contribution in [2.45, 2.75) is 26.7 Å². The van der Waals surface area contributed by atoms with Gasteiger partial charge in [0, 0.05) is 20.1 Å². The highest BCUT2D eigenvalue weighted by molar-refractivity contribution is 5.93. The maximum atomic E-state index is 12.3. The average Bonchev–Trinajstić information content (AvgIpc) is 2.77. The highest BCUT2D eigenvalue weighted by Crippen LogP contribution is 2.58. The van der Waals surface area contributed by atoms with Crippen molar-refractivity contribution in [3.8, 4) is 0 Å². The van der Waals surface area contributed by atoms with Crippen LogP contribution in [0.5, 0.6) is 0 Å². The topological polar surface area (TPSA) is 77.9 Å². The number of hydrogen-bond acceptors (Lipinski definition) is 3. The Bertz CT molecular complexity index is 440. The minimum absolute atomic E-state index is 0.0394. The van der Waals surface area contributed by atoms with E-state index in [0.717, 1.165) is 25.9 Å². The number of likely N-dealkylation sites (tertiary alicyclic amines) is 1. The molecule has 6 heteroatoms. The van der Waals surface area contributed by atoms with Crippen molar-refractivity contribution in [3.63, 3.8) is 0 Å².